The predicted molar refractivity (Wildman–Crippen MR) is 131 cm³/mol. The molecule has 0 fully saturated rings. The number of aromatic nitrogens is 1. The standard InChI is InChI=1S/C24H22Cl2FN5O2/c1-13-23-14(6-16(25)9-19(23)26)2-5-32(13)22(33)12-30-21-8-15-7-17(11-29-4-3-28)31-24(34)18(15)10-20(21)27/h6-10,13,29-30H,2,4-5,11-12H2,1H3,(H,31,34). The molecule has 0 aliphatic carbocycles. The number of H-pyrrole nitrogens is 1. The molecule has 7 nitrogen and oxygen atoms in total. The Morgan fingerprint density at radius 3 is 2.85 bits per heavy atom. The highest BCUT2D eigenvalue weighted by molar-refractivity contribution is 6.35. The fraction of sp³-hybridized carbons (Fsp3) is 0.292. The van der Waals surface area contributed by atoms with Gasteiger partial charge in [-0.3, -0.25) is 14.9 Å². The smallest absolute Gasteiger partial charge is 0.256 e. The van der Waals surface area contributed by atoms with Crippen LogP contribution in [0.2, 0.25) is 10.0 Å². The number of aromatic amines is 1. The Morgan fingerprint density at radius 1 is 1.29 bits per heavy atom. The van der Waals surface area contributed by atoms with Crippen LogP contribution >= 0.6 is 23.2 Å². The first-order chi connectivity index (χ1) is 16.3. The number of nitrogens with one attached hydrogen (secondary N) is 3. The zero-order chi connectivity index (χ0) is 24.4. The van der Waals surface area contributed by atoms with Crippen molar-refractivity contribution < 1.29 is 9.18 Å². The summed E-state index contributed by atoms with van der Waals surface area (Å²) < 4.78 is 14.7. The summed E-state index contributed by atoms with van der Waals surface area (Å²) in [7, 11) is 0. The van der Waals surface area contributed by atoms with Gasteiger partial charge < -0.3 is 15.2 Å². The minimum Gasteiger partial charge on any atom is -0.374 e. The summed E-state index contributed by atoms with van der Waals surface area (Å²) in [6.07, 6.45) is 0.626. The highest BCUT2D eigenvalue weighted by Gasteiger charge is 2.29. The Hall–Kier alpha value is -3.12. The zero-order valence-corrected chi connectivity index (χ0v) is 19.9. The lowest BCUT2D eigenvalue weighted by atomic mass is 9.93. The molecule has 0 bridgehead atoms. The first kappa shape index (κ1) is 24.0. The van der Waals surface area contributed by atoms with Crippen LogP contribution in [0.15, 0.2) is 35.1 Å². The van der Waals surface area contributed by atoms with E-state index in [9.17, 15) is 14.0 Å². The molecule has 1 aliphatic rings. The molecule has 1 aromatic heterocycles. The van der Waals surface area contributed by atoms with Crippen LogP contribution in [0.4, 0.5) is 10.1 Å². The van der Waals surface area contributed by atoms with E-state index in [1.54, 1.807) is 17.0 Å². The molecule has 3 aromatic rings. The van der Waals surface area contributed by atoms with Crippen molar-refractivity contribution in [3.63, 3.8) is 0 Å². The van der Waals surface area contributed by atoms with Crippen molar-refractivity contribution in [3.8, 4) is 6.07 Å². The number of carbonyl (C=O) groups excluding carboxylic acids is 1. The molecule has 4 rings (SSSR count). The molecule has 1 aliphatic heterocycles. The molecular formula is C24H22Cl2FN5O2. The van der Waals surface area contributed by atoms with Crippen molar-refractivity contribution in [3.05, 3.63) is 73.4 Å². The lowest BCUT2D eigenvalue weighted by molar-refractivity contribution is -0.131. The average molecular weight is 502 g/mol. The van der Waals surface area contributed by atoms with E-state index in [-0.39, 0.29) is 36.1 Å². The number of hydrogen-bond donors (Lipinski definition) is 3. The van der Waals surface area contributed by atoms with Gasteiger partial charge in [-0.2, -0.15) is 5.26 Å². The number of nitrogens with zero attached hydrogens (tertiary/aromatic N) is 2. The third-order valence-electron chi connectivity index (χ3n) is 5.94. The van der Waals surface area contributed by atoms with Gasteiger partial charge in [-0.15, -0.1) is 0 Å². The minimum absolute atomic E-state index is 0.118. The first-order valence-corrected chi connectivity index (χ1v) is 11.5. The van der Waals surface area contributed by atoms with E-state index in [2.05, 4.69) is 15.6 Å². The Morgan fingerprint density at radius 2 is 2.09 bits per heavy atom. The largest absolute Gasteiger partial charge is 0.374 e. The Kier molecular flexibility index (Phi) is 7.08. The van der Waals surface area contributed by atoms with Gasteiger partial charge in [-0.25, -0.2) is 4.39 Å². The molecule has 1 atom stereocenters. The van der Waals surface area contributed by atoms with Crippen molar-refractivity contribution in [2.75, 3.05) is 25.0 Å². The van der Waals surface area contributed by atoms with Crippen LogP contribution in [0.5, 0.6) is 0 Å². The molecule has 2 heterocycles. The molecule has 176 valence electrons. The normalized spacial score (nSPS) is 15.1. The number of pyridine rings is 1. The average Bonchev–Trinajstić information content (AvgIpc) is 2.78. The summed E-state index contributed by atoms with van der Waals surface area (Å²) in [5.41, 5.74) is 2.16. The molecule has 1 unspecified atom stereocenters. The molecule has 2 aromatic carbocycles. The molecule has 0 saturated heterocycles. The van der Waals surface area contributed by atoms with Gasteiger partial charge in [-0.05, 0) is 60.2 Å². The number of benzene rings is 2. The number of carbonyl (C=O) groups is 1. The van der Waals surface area contributed by atoms with Crippen molar-refractivity contribution in [2.45, 2.75) is 25.9 Å². The van der Waals surface area contributed by atoms with Gasteiger partial charge in [-0.1, -0.05) is 23.2 Å². The molecule has 0 saturated carbocycles. The third kappa shape index (κ3) is 4.87. The molecular weight excluding hydrogens is 480 g/mol. The van der Waals surface area contributed by atoms with Gasteiger partial charge in [0.15, 0.2) is 0 Å². The van der Waals surface area contributed by atoms with E-state index < -0.39 is 11.4 Å². The van der Waals surface area contributed by atoms with Crippen molar-refractivity contribution in [2.24, 2.45) is 0 Å². The van der Waals surface area contributed by atoms with Crippen LogP contribution in [0.3, 0.4) is 0 Å². The van der Waals surface area contributed by atoms with Gasteiger partial charge in [0.1, 0.15) is 5.82 Å². The maximum Gasteiger partial charge on any atom is 0.256 e. The Bertz CT molecular complexity index is 1370. The maximum atomic E-state index is 14.7. The first-order valence-electron chi connectivity index (χ1n) is 10.7. The van der Waals surface area contributed by atoms with E-state index in [0.29, 0.717) is 40.6 Å². The number of amides is 1. The zero-order valence-electron chi connectivity index (χ0n) is 18.3. The van der Waals surface area contributed by atoms with Crippen molar-refractivity contribution in [1.82, 2.24) is 15.2 Å². The molecule has 3 N–H and O–H groups in total. The second-order valence-corrected chi connectivity index (χ2v) is 8.98. The van der Waals surface area contributed by atoms with E-state index in [4.69, 9.17) is 28.5 Å². The maximum absolute atomic E-state index is 14.7. The van der Waals surface area contributed by atoms with Gasteiger partial charge in [0.25, 0.3) is 5.56 Å². The second kappa shape index (κ2) is 10.0. The number of nitriles is 1. The Balaban J connectivity index is 1.51. The summed E-state index contributed by atoms with van der Waals surface area (Å²) in [5, 5.41) is 16.2. The molecule has 0 radical (unpaired) electrons. The summed E-state index contributed by atoms with van der Waals surface area (Å²) in [6.45, 7) is 2.71. The number of halogens is 3. The highest BCUT2D eigenvalue weighted by atomic mass is 35.5. The SMILES string of the molecule is CC1c2c(Cl)cc(Cl)cc2CCN1C(=O)CNc1cc2cc(CNCC#N)[nH]c(=O)c2cc1F. The fourth-order valence-electron chi connectivity index (χ4n) is 4.34. The van der Waals surface area contributed by atoms with E-state index in [1.807, 2.05) is 19.1 Å². The number of hydrogen-bond acceptors (Lipinski definition) is 5. The number of fused-ring (bicyclic) bond motifs is 2. The third-order valence-corrected chi connectivity index (χ3v) is 6.48. The monoisotopic (exact) mass is 501 g/mol. The fourth-order valence-corrected chi connectivity index (χ4v) is 5.04. The summed E-state index contributed by atoms with van der Waals surface area (Å²) in [4.78, 5) is 29.7. The number of anilines is 1. The Labute approximate surface area is 205 Å². The van der Waals surface area contributed by atoms with Crippen LogP contribution in [-0.2, 0) is 17.8 Å². The minimum atomic E-state index is -0.629. The number of rotatable bonds is 6. The van der Waals surface area contributed by atoms with Gasteiger partial charge in [0.05, 0.1) is 36.3 Å². The second-order valence-electron chi connectivity index (χ2n) is 8.13. The summed E-state index contributed by atoms with van der Waals surface area (Å²) in [5.74, 6) is -0.827. The van der Waals surface area contributed by atoms with Gasteiger partial charge in [0, 0.05) is 28.8 Å². The van der Waals surface area contributed by atoms with Gasteiger partial charge >= 0.3 is 0 Å². The molecule has 34 heavy (non-hydrogen) atoms. The summed E-state index contributed by atoms with van der Waals surface area (Å²) >= 11 is 12.5. The lowest BCUT2D eigenvalue weighted by Gasteiger charge is -2.36. The van der Waals surface area contributed by atoms with Crippen molar-refractivity contribution in [1.29, 1.82) is 5.26 Å². The van der Waals surface area contributed by atoms with E-state index >= 15 is 0 Å². The van der Waals surface area contributed by atoms with Crippen LogP contribution in [0.1, 0.15) is 29.8 Å². The molecule has 10 heteroatoms. The van der Waals surface area contributed by atoms with Gasteiger partial charge in [0.2, 0.25) is 5.91 Å². The summed E-state index contributed by atoms with van der Waals surface area (Å²) in [6, 6.07) is 9.63. The van der Waals surface area contributed by atoms with Crippen LogP contribution in [-0.4, -0.2) is 35.4 Å². The van der Waals surface area contributed by atoms with Crippen molar-refractivity contribution >= 4 is 45.6 Å². The van der Waals surface area contributed by atoms with E-state index in [1.165, 1.54) is 6.07 Å². The van der Waals surface area contributed by atoms with E-state index in [0.717, 1.165) is 17.2 Å². The predicted octanol–water partition coefficient (Wildman–Crippen LogP) is 4.14. The highest BCUT2D eigenvalue weighted by Crippen LogP contribution is 2.37. The topological polar surface area (TPSA) is 101 Å². The van der Waals surface area contributed by atoms with Crippen LogP contribution in [0.25, 0.3) is 10.8 Å². The van der Waals surface area contributed by atoms with Crippen LogP contribution < -0.4 is 16.2 Å². The quantitative estimate of drug-likeness (QED) is 0.348. The van der Waals surface area contributed by atoms with Crippen LogP contribution in [0, 0.1) is 17.1 Å². The molecule has 1 amide bonds. The lowest BCUT2D eigenvalue weighted by Crippen LogP contribution is -2.42. The molecule has 0 spiro atoms.